The maximum Gasteiger partial charge on any atom is 0.236 e. The molecule has 0 radical (unpaired) electrons. The second kappa shape index (κ2) is 5.65. The van der Waals surface area contributed by atoms with Gasteiger partial charge in [-0.2, -0.15) is 0 Å². The average Bonchev–Trinajstić information content (AvgIpc) is 2.38. The van der Waals surface area contributed by atoms with Crippen molar-refractivity contribution in [3.63, 3.8) is 0 Å². The van der Waals surface area contributed by atoms with Gasteiger partial charge in [0.05, 0.1) is 6.54 Å². The van der Waals surface area contributed by atoms with Crippen LogP contribution in [0, 0.1) is 0 Å². The van der Waals surface area contributed by atoms with Gasteiger partial charge in [0.25, 0.3) is 0 Å². The first kappa shape index (κ1) is 12.6. The van der Waals surface area contributed by atoms with Gasteiger partial charge < -0.3 is 10.2 Å². The summed E-state index contributed by atoms with van der Waals surface area (Å²) in [5.74, 6) is 0.0928. The van der Waals surface area contributed by atoms with Crippen molar-refractivity contribution in [1.82, 2.24) is 10.2 Å². The number of benzene rings is 2. The van der Waals surface area contributed by atoms with Gasteiger partial charge in [-0.25, -0.2) is 0 Å². The molecule has 0 fully saturated rings. The quantitative estimate of drug-likeness (QED) is 0.889. The molecule has 94 valence electrons. The molecular formula is C15H18N2O. The third-order valence-electron chi connectivity index (χ3n) is 2.97. The molecule has 2 aromatic rings. The molecule has 0 aliphatic carbocycles. The number of amides is 1. The van der Waals surface area contributed by atoms with Crippen LogP contribution in [0.2, 0.25) is 0 Å². The molecule has 0 unspecified atom stereocenters. The maximum absolute atomic E-state index is 11.5. The highest BCUT2D eigenvalue weighted by Gasteiger charge is 2.04. The van der Waals surface area contributed by atoms with Gasteiger partial charge >= 0.3 is 0 Å². The van der Waals surface area contributed by atoms with Gasteiger partial charge in [0, 0.05) is 20.6 Å². The summed E-state index contributed by atoms with van der Waals surface area (Å²) in [5, 5.41) is 5.66. The standard InChI is InChI=1S/C15H18N2O/c1-17(2)15(18)11-16-10-13-8-5-7-12-6-3-4-9-14(12)13/h3-9,16H,10-11H2,1-2H3. The molecule has 0 saturated heterocycles. The molecular weight excluding hydrogens is 224 g/mol. The average molecular weight is 242 g/mol. The molecule has 0 aliphatic heterocycles. The molecule has 0 aromatic heterocycles. The van der Waals surface area contributed by atoms with E-state index in [9.17, 15) is 4.79 Å². The van der Waals surface area contributed by atoms with Gasteiger partial charge in [-0.1, -0.05) is 42.5 Å². The Balaban J connectivity index is 2.06. The van der Waals surface area contributed by atoms with Crippen LogP contribution in [0.4, 0.5) is 0 Å². The molecule has 2 aromatic carbocycles. The van der Waals surface area contributed by atoms with Crippen molar-refractivity contribution >= 4 is 16.7 Å². The SMILES string of the molecule is CN(C)C(=O)CNCc1cccc2ccccc12. The molecule has 18 heavy (non-hydrogen) atoms. The number of carbonyl (C=O) groups is 1. The van der Waals surface area contributed by atoms with E-state index >= 15 is 0 Å². The Morgan fingerprint density at radius 3 is 2.61 bits per heavy atom. The van der Waals surface area contributed by atoms with Crippen LogP contribution in [0.15, 0.2) is 42.5 Å². The number of likely N-dealkylation sites (N-methyl/N-ethyl adjacent to an activating group) is 1. The molecule has 1 N–H and O–H groups in total. The third-order valence-corrected chi connectivity index (χ3v) is 2.97. The van der Waals surface area contributed by atoms with E-state index in [1.807, 2.05) is 18.2 Å². The van der Waals surface area contributed by atoms with Crippen LogP contribution < -0.4 is 5.32 Å². The summed E-state index contributed by atoms with van der Waals surface area (Å²) in [6.45, 7) is 1.08. The molecule has 0 bridgehead atoms. The summed E-state index contributed by atoms with van der Waals surface area (Å²) in [4.78, 5) is 13.1. The van der Waals surface area contributed by atoms with E-state index in [0.717, 1.165) is 0 Å². The lowest BCUT2D eigenvalue weighted by Crippen LogP contribution is -2.32. The number of carbonyl (C=O) groups excluding carboxylic acids is 1. The number of nitrogens with one attached hydrogen (secondary N) is 1. The van der Waals surface area contributed by atoms with E-state index in [2.05, 4.69) is 29.6 Å². The lowest BCUT2D eigenvalue weighted by atomic mass is 10.0. The van der Waals surface area contributed by atoms with Crippen LogP contribution in [-0.2, 0) is 11.3 Å². The Labute approximate surface area is 107 Å². The second-order valence-electron chi connectivity index (χ2n) is 4.53. The van der Waals surface area contributed by atoms with E-state index in [1.165, 1.54) is 16.3 Å². The maximum atomic E-state index is 11.5. The van der Waals surface area contributed by atoms with Gasteiger partial charge in [0.15, 0.2) is 0 Å². The van der Waals surface area contributed by atoms with Crippen LogP contribution in [0.1, 0.15) is 5.56 Å². The van der Waals surface area contributed by atoms with Crippen molar-refractivity contribution in [2.24, 2.45) is 0 Å². The zero-order chi connectivity index (χ0) is 13.0. The molecule has 0 heterocycles. The van der Waals surface area contributed by atoms with E-state index < -0.39 is 0 Å². The molecule has 1 amide bonds. The highest BCUT2D eigenvalue weighted by molar-refractivity contribution is 5.85. The summed E-state index contributed by atoms with van der Waals surface area (Å²) in [6.07, 6.45) is 0. The topological polar surface area (TPSA) is 32.3 Å². The van der Waals surface area contributed by atoms with Gasteiger partial charge in [-0.3, -0.25) is 4.79 Å². The minimum Gasteiger partial charge on any atom is -0.348 e. The van der Waals surface area contributed by atoms with Gasteiger partial charge in [0.2, 0.25) is 5.91 Å². The van der Waals surface area contributed by atoms with Gasteiger partial charge in [0.1, 0.15) is 0 Å². The first-order chi connectivity index (χ1) is 8.68. The second-order valence-corrected chi connectivity index (χ2v) is 4.53. The fourth-order valence-corrected chi connectivity index (χ4v) is 1.91. The molecule has 0 spiro atoms. The Hall–Kier alpha value is -1.87. The van der Waals surface area contributed by atoms with Crippen LogP contribution in [0.5, 0.6) is 0 Å². The van der Waals surface area contributed by atoms with Gasteiger partial charge in [-0.05, 0) is 16.3 Å². The van der Waals surface area contributed by atoms with E-state index in [-0.39, 0.29) is 5.91 Å². The van der Waals surface area contributed by atoms with E-state index in [4.69, 9.17) is 0 Å². The van der Waals surface area contributed by atoms with Crippen LogP contribution in [0.3, 0.4) is 0 Å². The van der Waals surface area contributed by atoms with Crippen molar-refractivity contribution < 1.29 is 4.79 Å². The fourth-order valence-electron chi connectivity index (χ4n) is 1.91. The molecule has 0 atom stereocenters. The minimum atomic E-state index is 0.0928. The Morgan fingerprint density at radius 1 is 1.11 bits per heavy atom. The smallest absolute Gasteiger partial charge is 0.236 e. The monoisotopic (exact) mass is 242 g/mol. The van der Waals surface area contributed by atoms with Crippen LogP contribution in [0.25, 0.3) is 10.8 Å². The molecule has 3 nitrogen and oxygen atoms in total. The lowest BCUT2D eigenvalue weighted by molar-refractivity contribution is -0.127. The first-order valence-corrected chi connectivity index (χ1v) is 6.06. The highest BCUT2D eigenvalue weighted by atomic mass is 16.2. The molecule has 0 saturated carbocycles. The summed E-state index contributed by atoms with van der Waals surface area (Å²) in [5.41, 5.74) is 1.22. The Bertz CT molecular complexity index is 544. The number of fused-ring (bicyclic) bond motifs is 1. The Morgan fingerprint density at radius 2 is 1.83 bits per heavy atom. The third kappa shape index (κ3) is 2.87. The number of rotatable bonds is 4. The van der Waals surface area contributed by atoms with Gasteiger partial charge in [-0.15, -0.1) is 0 Å². The Kier molecular flexibility index (Phi) is 3.95. The van der Waals surface area contributed by atoms with E-state index in [0.29, 0.717) is 13.1 Å². The summed E-state index contributed by atoms with van der Waals surface area (Å²) in [6, 6.07) is 14.5. The molecule has 0 aliphatic rings. The molecule has 3 heteroatoms. The number of hydrogen-bond donors (Lipinski definition) is 1. The number of nitrogens with zero attached hydrogens (tertiary/aromatic N) is 1. The zero-order valence-corrected chi connectivity index (χ0v) is 10.8. The van der Waals surface area contributed by atoms with Crippen molar-refractivity contribution in [3.8, 4) is 0 Å². The summed E-state index contributed by atoms with van der Waals surface area (Å²) < 4.78 is 0. The highest BCUT2D eigenvalue weighted by Crippen LogP contribution is 2.17. The number of hydrogen-bond acceptors (Lipinski definition) is 2. The normalized spacial score (nSPS) is 10.6. The lowest BCUT2D eigenvalue weighted by Gasteiger charge is -2.12. The van der Waals surface area contributed by atoms with Crippen LogP contribution in [-0.4, -0.2) is 31.4 Å². The van der Waals surface area contributed by atoms with E-state index in [1.54, 1.807) is 19.0 Å². The van der Waals surface area contributed by atoms with Crippen molar-refractivity contribution in [2.75, 3.05) is 20.6 Å². The summed E-state index contributed by atoms with van der Waals surface area (Å²) in [7, 11) is 3.53. The van der Waals surface area contributed by atoms with Crippen molar-refractivity contribution in [2.45, 2.75) is 6.54 Å². The molecule has 2 rings (SSSR count). The van der Waals surface area contributed by atoms with Crippen molar-refractivity contribution in [1.29, 1.82) is 0 Å². The first-order valence-electron chi connectivity index (χ1n) is 6.06. The predicted molar refractivity (Wildman–Crippen MR) is 74.3 cm³/mol. The predicted octanol–water partition coefficient (Wildman–Crippen LogP) is 2.02. The largest absolute Gasteiger partial charge is 0.348 e. The summed E-state index contributed by atoms with van der Waals surface area (Å²) >= 11 is 0. The van der Waals surface area contributed by atoms with Crippen molar-refractivity contribution in [3.05, 3.63) is 48.0 Å². The fraction of sp³-hybridized carbons (Fsp3) is 0.267. The minimum absolute atomic E-state index is 0.0928. The zero-order valence-electron chi connectivity index (χ0n) is 10.8. The van der Waals surface area contributed by atoms with Crippen LogP contribution >= 0.6 is 0 Å².